The van der Waals surface area contributed by atoms with Crippen LogP contribution in [0, 0.1) is 6.92 Å². The predicted molar refractivity (Wildman–Crippen MR) is 111 cm³/mol. The van der Waals surface area contributed by atoms with Gasteiger partial charge in [-0.05, 0) is 38.3 Å². The molecule has 2 fully saturated rings. The van der Waals surface area contributed by atoms with Crippen molar-refractivity contribution in [1.82, 2.24) is 24.5 Å². The Morgan fingerprint density at radius 2 is 1.80 bits per heavy atom. The summed E-state index contributed by atoms with van der Waals surface area (Å²) in [6.07, 6.45) is 0.868. The molecular formula is C22H27N5O3. The molecule has 0 atom stereocenters. The van der Waals surface area contributed by atoms with Crippen molar-refractivity contribution in [3.05, 3.63) is 53.3 Å². The molecule has 2 saturated heterocycles. The molecule has 8 heteroatoms. The van der Waals surface area contributed by atoms with Crippen molar-refractivity contribution in [2.45, 2.75) is 38.8 Å². The number of likely N-dealkylation sites (tertiary alicyclic amines) is 1. The predicted octanol–water partition coefficient (Wildman–Crippen LogP) is 2.19. The Morgan fingerprint density at radius 1 is 1.13 bits per heavy atom. The lowest BCUT2D eigenvalue weighted by Gasteiger charge is -2.42. The van der Waals surface area contributed by atoms with E-state index in [1.165, 1.54) is 4.90 Å². The largest absolute Gasteiger partial charge is 0.337 e. The first-order valence-electron chi connectivity index (χ1n) is 10.3. The van der Waals surface area contributed by atoms with Crippen LogP contribution in [-0.4, -0.2) is 67.5 Å². The Kier molecular flexibility index (Phi) is 5.09. The number of amides is 4. The third-order valence-electron chi connectivity index (χ3n) is 6.22. The summed E-state index contributed by atoms with van der Waals surface area (Å²) in [5.74, 6) is -0.235. The first-order chi connectivity index (χ1) is 14.4. The second kappa shape index (κ2) is 7.59. The van der Waals surface area contributed by atoms with Gasteiger partial charge < -0.3 is 9.80 Å². The molecule has 158 valence electrons. The van der Waals surface area contributed by atoms with Crippen LogP contribution in [0.4, 0.5) is 4.79 Å². The number of urea groups is 1. The van der Waals surface area contributed by atoms with Crippen LogP contribution in [0.5, 0.6) is 0 Å². The van der Waals surface area contributed by atoms with Crippen LogP contribution in [0.2, 0.25) is 0 Å². The second-order valence-corrected chi connectivity index (χ2v) is 8.02. The number of carbonyl (C=O) groups excluding carboxylic acids is 3. The minimum absolute atomic E-state index is 0.0910. The summed E-state index contributed by atoms with van der Waals surface area (Å²) in [6.45, 7) is 5.25. The van der Waals surface area contributed by atoms with E-state index in [4.69, 9.17) is 0 Å². The molecule has 4 rings (SSSR count). The lowest BCUT2D eigenvalue weighted by atomic mass is 9.85. The SMILES string of the molecule is CCN1C(=O)N(Cc2ccccc2)C2(CCN(C(=O)c3cc(C)nn3C)CC2)C1=O. The maximum Gasteiger partial charge on any atom is 0.327 e. The van der Waals surface area contributed by atoms with Gasteiger partial charge in [-0.15, -0.1) is 0 Å². The Balaban J connectivity index is 1.57. The lowest BCUT2D eigenvalue weighted by molar-refractivity contribution is -0.135. The van der Waals surface area contributed by atoms with Crippen molar-refractivity contribution < 1.29 is 14.4 Å². The van der Waals surface area contributed by atoms with E-state index in [1.807, 2.05) is 44.2 Å². The Bertz CT molecular complexity index is 976. The van der Waals surface area contributed by atoms with E-state index in [0.29, 0.717) is 44.7 Å². The molecule has 2 aliphatic heterocycles. The maximum absolute atomic E-state index is 13.3. The van der Waals surface area contributed by atoms with Gasteiger partial charge in [0.2, 0.25) is 0 Å². The van der Waals surface area contributed by atoms with Crippen molar-refractivity contribution in [2.75, 3.05) is 19.6 Å². The normalized spacial score (nSPS) is 18.6. The molecule has 2 aliphatic rings. The molecule has 1 aromatic heterocycles. The molecule has 1 spiro atoms. The van der Waals surface area contributed by atoms with Crippen LogP contribution in [0.1, 0.15) is 41.5 Å². The Labute approximate surface area is 176 Å². The fourth-order valence-electron chi connectivity index (χ4n) is 4.58. The number of hydrogen-bond acceptors (Lipinski definition) is 4. The first kappa shape index (κ1) is 20.1. The molecule has 0 aliphatic carbocycles. The highest BCUT2D eigenvalue weighted by atomic mass is 16.2. The molecule has 8 nitrogen and oxygen atoms in total. The van der Waals surface area contributed by atoms with Gasteiger partial charge in [-0.3, -0.25) is 19.2 Å². The van der Waals surface area contributed by atoms with Gasteiger partial charge in [-0.2, -0.15) is 5.10 Å². The number of benzene rings is 1. The van der Waals surface area contributed by atoms with Gasteiger partial charge in [-0.1, -0.05) is 30.3 Å². The summed E-state index contributed by atoms with van der Waals surface area (Å²) in [6, 6.07) is 11.2. The number of carbonyl (C=O) groups is 3. The maximum atomic E-state index is 13.3. The zero-order valence-corrected chi connectivity index (χ0v) is 17.7. The number of aromatic nitrogens is 2. The van der Waals surface area contributed by atoms with E-state index in [2.05, 4.69) is 5.10 Å². The first-order valence-corrected chi connectivity index (χ1v) is 10.3. The van der Waals surface area contributed by atoms with E-state index in [-0.39, 0.29) is 17.8 Å². The second-order valence-electron chi connectivity index (χ2n) is 8.02. The number of rotatable bonds is 4. The standard InChI is InChI=1S/C22H27N5O3/c1-4-26-20(29)22(27(21(26)30)15-17-8-6-5-7-9-17)10-12-25(13-11-22)19(28)18-14-16(2)23-24(18)3/h5-9,14H,4,10-13,15H2,1-3H3. The fourth-order valence-corrected chi connectivity index (χ4v) is 4.58. The van der Waals surface area contributed by atoms with Crippen LogP contribution >= 0.6 is 0 Å². The van der Waals surface area contributed by atoms with E-state index >= 15 is 0 Å². The molecule has 0 radical (unpaired) electrons. The fraction of sp³-hybridized carbons (Fsp3) is 0.455. The van der Waals surface area contributed by atoms with Gasteiger partial charge in [0, 0.05) is 33.2 Å². The van der Waals surface area contributed by atoms with Crippen molar-refractivity contribution in [2.24, 2.45) is 7.05 Å². The summed E-state index contributed by atoms with van der Waals surface area (Å²) in [7, 11) is 1.76. The highest BCUT2D eigenvalue weighted by Crippen LogP contribution is 2.38. The summed E-state index contributed by atoms with van der Waals surface area (Å²) in [5, 5.41) is 4.26. The molecule has 4 amide bonds. The molecule has 0 N–H and O–H groups in total. The third-order valence-corrected chi connectivity index (χ3v) is 6.22. The Hall–Kier alpha value is -3.16. The number of imide groups is 1. The van der Waals surface area contributed by atoms with E-state index in [0.717, 1.165) is 11.3 Å². The highest BCUT2D eigenvalue weighted by Gasteiger charge is 2.57. The molecule has 30 heavy (non-hydrogen) atoms. The van der Waals surface area contributed by atoms with Crippen LogP contribution in [0.25, 0.3) is 0 Å². The molecule has 1 aromatic carbocycles. The molecule has 3 heterocycles. The monoisotopic (exact) mass is 409 g/mol. The van der Waals surface area contributed by atoms with Gasteiger partial charge >= 0.3 is 6.03 Å². The molecule has 2 aromatic rings. The van der Waals surface area contributed by atoms with Crippen molar-refractivity contribution in [3.8, 4) is 0 Å². The highest BCUT2D eigenvalue weighted by molar-refractivity contribution is 6.07. The summed E-state index contributed by atoms with van der Waals surface area (Å²) in [4.78, 5) is 44.1. The minimum atomic E-state index is -0.887. The third kappa shape index (κ3) is 3.16. The van der Waals surface area contributed by atoms with Gasteiger partial charge in [0.25, 0.3) is 11.8 Å². The molecule has 0 unspecified atom stereocenters. The average Bonchev–Trinajstić information content (AvgIpc) is 3.18. The summed E-state index contributed by atoms with van der Waals surface area (Å²) in [5.41, 5.74) is 1.43. The smallest absolute Gasteiger partial charge is 0.327 e. The van der Waals surface area contributed by atoms with E-state index in [9.17, 15) is 14.4 Å². The molecule has 0 bridgehead atoms. The van der Waals surface area contributed by atoms with Crippen molar-refractivity contribution in [3.63, 3.8) is 0 Å². The summed E-state index contributed by atoms with van der Waals surface area (Å²) >= 11 is 0. The zero-order valence-electron chi connectivity index (χ0n) is 17.7. The number of aryl methyl sites for hydroxylation is 2. The molecule has 0 saturated carbocycles. The van der Waals surface area contributed by atoms with E-state index < -0.39 is 5.54 Å². The van der Waals surface area contributed by atoms with Crippen LogP contribution in [-0.2, 0) is 18.4 Å². The zero-order chi connectivity index (χ0) is 21.5. The number of likely N-dealkylation sites (N-methyl/N-ethyl adjacent to an activating group) is 1. The van der Waals surface area contributed by atoms with Gasteiger partial charge in [0.1, 0.15) is 11.2 Å². The average molecular weight is 409 g/mol. The van der Waals surface area contributed by atoms with Crippen LogP contribution in [0.15, 0.2) is 36.4 Å². The van der Waals surface area contributed by atoms with Crippen LogP contribution in [0.3, 0.4) is 0 Å². The van der Waals surface area contributed by atoms with Gasteiger partial charge in [-0.25, -0.2) is 4.79 Å². The van der Waals surface area contributed by atoms with Crippen molar-refractivity contribution in [1.29, 1.82) is 0 Å². The quantitative estimate of drug-likeness (QED) is 0.725. The van der Waals surface area contributed by atoms with E-state index in [1.54, 1.807) is 27.6 Å². The minimum Gasteiger partial charge on any atom is -0.337 e. The van der Waals surface area contributed by atoms with Crippen LogP contribution < -0.4 is 0 Å². The molecular weight excluding hydrogens is 382 g/mol. The van der Waals surface area contributed by atoms with Gasteiger partial charge in [0.15, 0.2) is 0 Å². The topological polar surface area (TPSA) is 78.8 Å². The van der Waals surface area contributed by atoms with Gasteiger partial charge in [0.05, 0.1) is 5.69 Å². The van der Waals surface area contributed by atoms with Crippen molar-refractivity contribution >= 4 is 17.8 Å². The summed E-state index contributed by atoms with van der Waals surface area (Å²) < 4.78 is 1.59. The number of hydrogen-bond donors (Lipinski definition) is 0. The Morgan fingerprint density at radius 3 is 2.37 bits per heavy atom. The number of nitrogens with zero attached hydrogens (tertiary/aromatic N) is 5. The number of piperidine rings is 1. The lowest BCUT2D eigenvalue weighted by Crippen LogP contribution is -2.57.